The molecule has 0 aromatic heterocycles. The van der Waals surface area contributed by atoms with E-state index in [0.29, 0.717) is 19.8 Å². The molecule has 1 rings (SSSR count). The largest absolute Gasteiger partial charge is 0.380 e. The number of carbonyl (C=O) groups excluding carboxylic acids is 1. The van der Waals surface area contributed by atoms with Gasteiger partial charge in [-0.05, 0) is 25.6 Å². The van der Waals surface area contributed by atoms with E-state index < -0.39 is 11.6 Å². The number of carbonyl (C=O) groups is 1. The number of Topliss-reactive ketones (excluding diaryl/α,β-unsaturated/α-hetero) is 1. The van der Waals surface area contributed by atoms with Gasteiger partial charge < -0.3 is 9.64 Å². The first-order valence-corrected chi connectivity index (χ1v) is 6.86. The summed E-state index contributed by atoms with van der Waals surface area (Å²) in [4.78, 5) is 14.0. The third kappa shape index (κ3) is 5.75. The van der Waals surface area contributed by atoms with Gasteiger partial charge in [-0.25, -0.2) is 8.78 Å². The molecule has 0 radical (unpaired) electrons. The Bertz CT molecular complexity index is 418. The fourth-order valence-electron chi connectivity index (χ4n) is 1.88. The molecule has 1 aromatic rings. The topological polar surface area (TPSA) is 29.5 Å². The molecule has 0 amide bonds. The number of likely N-dealkylation sites (N-methyl/N-ethyl adjacent to an activating group) is 1. The molecule has 5 heteroatoms. The maximum absolute atomic E-state index is 13.0. The quantitative estimate of drug-likeness (QED) is 0.516. The zero-order valence-corrected chi connectivity index (χ0v) is 12.0. The van der Waals surface area contributed by atoms with Crippen LogP contribution in [-0.4, -0.2) is 43.5 Å². The first-order chi connectivity index (χ1) is 9.56. The molecule has 112 valence electrons. The van der Waals surface area contributed by atoms with Crippen molar-refractivity contribution in [2.45, 2.75) is 20.3 Å². The number of ether oxygens (including phenoxy) is 1. The third-order valence-corrected chi connectivity index (χ3v) is 3.04. The summed E-state index contributed by atoms with van der Waals surface area (Å²) < 4.78 is 31.3. The minimum atomic E-state index is -0.725. The summed E-state index contributed by atoms with van der Waals surface area (Å²) in [6, 6.07) is 2.90. The normalized spacial score (nSPS) is 11.1. The van der Waals surface area contributed by atoms with Crippen LogP contribution in [0.5, 0.6) is 0 Å². The zero-order valence-electron chi connectivity index (χ0n) is 12.0. The lowest BCUT2D eigenvalue weighted by Crippen LogP contribution is -2.29. The molecule has 0 aliphatic rings. The number of benzene rings is 1. The third-order valence-electron chi connectivity index (χ3n) is 3.04. The van der Waals surface area contributed by atoms with Crippen molar-refractivity contribution in [2.75, 3.05) is 32.8 Å². The van der Waals surface area contributed by atoms with Gasteiger partial charge in [-0.3, -0.25) is 4.79 Å². The second-order valence-electron chi connectivity index (χ2n) is 4.46. The SMILES string of the molecule is CCOCCN(CC)CCC(=O)c1cc(F)cc(F)c1. The smallest absolute Gasteiger partial charge is 0.164 e. The highest BCUT2D eigenvalue weighted by Crippen LogP contribution is 2.10. The summed E-state index contributed by atoms with van der Waals surface area (Å²) in [5, 5.41) is 0. The van der Waals surface area contributed by atoms with Crippen LogP contribution in [0.2, 0.25) is 0 Å². The molecule has 0 aliphatic heterocycles. The van der Waals surface area contributed by atoms with Gasteiger partial charge in [0.15, 0.2) is 5.78 Å². The Labute approximate surface area is 118 Å². The van der Waals surface area contributed by atoms with Crippen molar-refractivity contribution >= 4 is 5.78 Å². The van der Waals surface area contributed by atoms with E-state index in [2.05, 4.69) is 4.90 Å². The summed E-state index contributed by atoms with van der Waals surface area (Å²) in [6.45, 7) is 7.32. The van der Waals surface area contributed by atoms with Crippen LogP contribution in [0, 0.1) is 11.6 Å². The lowest BCUT2D eigenvalue weighted by atomic mass is 10.1. The van der Waals surface area contributed by atoms with Crippen molar-refractivity contribution in [3.63, 3.8) is 0 Å². The molecule has 1 aromatic carbocycles. The fourth-order valence-corrected chi connectivity index (χ4v) is 1.88. The van der Waals surface area contributed by atoms with Crippen molar-refractivity contribution in [1.29, 1.82) is 0 Å². The van der Waals surface area contributed by atoms with Crippen molar-refractivity contribution in [3.05, 3.63) is 35.4 Å². The predicted molar refractivity (Wildman–Crippen MR) is 73.9 cm³/mol. The molecule has 0 N–H and O–H groups in total. The number of halogens is 2. The van der Waals surface area contributed by atoms with Gasteiger partial charge in [-0.1, -0.05) is 6.92 Å². The predicted octanol–water partition coefficient (Wildman–Crippen LogP) is 2.90. The number of nitrogens with zero attached hydrogens (tertiary/aromatic N) is 1. The summed E-state index contributed by atoms with van der Waals surface area (Å²) in [5.74, 6) is -1.70. The van der Waals surface area contributed by atoms with E-state index in [1.165, 1.54) is 0 Å². The molecule has 20 heavy (non-hydrogen) atoms. The standard InChI is InChI=1S/C15H21F2NO2/c1-3-18(7-8-20-4-2)6-5-15(19)12-9-13(16)11-14(17)10-12/h9-11H,3-8H2,1-2H3. The van der Waals surface area contributed by atoms with Crippen LogP contribution in [0.25, 0.3) is 0 Å². The molecule has 0 spiro atoms. The van der Waals surface area contributed by atoms with E-state index in [-0.39, 0.29) is 17.8 Å². The second kappa shape index (κ2) is 8.76. The highest BCUT2D eigenvalue weighted by atomic mass is 19.1. The van der Waals surface area contributed by atoms with Gasteiger partial charge in [0.1, 0.15) is 11.6 Å². The van der Waals surface area contributed by atoms with Crippen LogP contribution in [-0.2, 0) is 4.74 Å². The van der Waals surface area contributed by atoms with E-state index >= 15 is 0 Å². The number of ketones is 1. The number of hydrogen-bond donors (Lipinski definition) is 0. The van der Waals surface area contributed by atoms with Crippen molar-refractivity contribution in [3.8, 4) is 0 Å². The molecule has 0 saturated heterocycles. The second-order valence-corrected chi connectivity index (χ2v) is 4.46. The van der Waals surface area contributed by atoms with Crippen LogP contribution in [0.15, 0.2) is 18.2 Å². The molecule has 0 atom stereocenters. The molecular weight excluding hydrogens is 264 g/mol. The molecule has 3 nitrogen and oxygen atoms in total. The van der Waals surface area contributed by atoms with Gasteiger partial charge >= 0.3 is 0 Å². The van der Waals surface area contributed by atoms with Gasteiger partial charge in [-0.2, -0.15) is 0 Å². The number of rotatable bonds is 9. The lowest BCUT2D eigenvalue weighted by Gasteiger charge is -2.19. The van der Waals surface area contributed by atoms with Crippen LogP contribution >= 0.6 is 0 Å². The number of hydrogen-bond acceptors (Lipinski definition) is 3. The lowest BCUT2D eigenvalue weighted by molar-refractivity contribution is 0.0929. The minimum absolute atomic E-state index is 0.0864. The van der Waals surface area contributed by atoms with E-state index in [1.54, 1.807) is 0 Å². The molecule has 0 bridgehead atoms. The molecule has 0 unspecified atom stereocenters. The highest BCUT2D eigenvalue weighted by molar-refractivity contribution is 5.96. The van der Waals surface area contributed by atoms with Crippen molar-refractivity contribution < 1.29 is 18.3 Å². The maximum Gasteiger partial charge on any atom is 0.164 e. The van der Waals surface area contributed by atoms with E-state index in [1.807, 2.05) is 13.8 Å². The monoisotopic (exact) mass is 285 g/mol. The first-order valence-electron chi connectivity index (χ1n) is 6.86. The Kier molecular flexibility index (Phi) is 7.33. The summed E-state index contributed by atoms with van der Waals surface area (Å²) in [7, 11) is 0. The van der Waals surface area contributed by atoms with E-state index in [9.17, 15) is 13.6 Å². The van der Waals surface area contributed by atoms with Crippen LogP contribution in [0.1, 0.15) is 30.6 Å². The Morgan fingerprint density at radius 3 is 2.35 bits per heavy atom. The minimum Gasteiger partial charge on any atom is -0.380 e. The fraction of sp³-hybridized carbons (Fsp3) is 0.533. The van der Waals surface area contributed by atoms with Crippen LogP contribution in [0.3, 0.4) is 0 Å². The van der Waals surface area contributed by atoms with Gasteiger partial charge in [0.05, 0.1) is 6.61 Å². The van der Waals surface area contributed by atoms with Gasteiger partial charge in [0.2, 0.25) is 0 Å². The van der Waals surface area contributed by atoms with Gasteiger partial charge in [0.25, 0.3) is 0 Å². The van der Waals surface area contributed by atoms with E-state index in [0.717, 1.165) is 31.3 Å². The Morgan fingerprint density at radius 1 is 1.15 bits per heavy atom. The summed E-state index contributed by atoms with van der Waals surface area (Å²) in [6.07, 6.45) is 0.239. The average molecular weight is 285 g/mol. The maximum atomic E-state index is 13.0. The van der Waals surface area contributed by atoms with Crippen molar-refractivity contribution in [1.82, 2.24) is 4.90 Å². The van der Waals surface area contributed by atoms with Gasteiger partial charge in [0, 0.05) is 37.7 Å². The molecule has 0 heterocycles. The van der Waals surface area contributed by atoms with E-state index in [4.69, 9.17) is 4.74 Å². The Balaban J connectivity index is 2.48. The first kappa shape index (κ1) is 16.7. The van der Waals surface area contributed by atoms with Crippen LogP contribution in [0.4, 0.5) is 8.78 Å². The van der Waals surface area contributed by atoms with Crippen LogP contribution < -0.4 is 0 Å². The zero-order chi connectivity index (χ0) is 15.0. The summed E-state index contributed by atoms with van der Waals surface area (Å²) >= 11 is 0. The van der Waals surface area contributed by atoms with Gasteiger partial charge in [-0.15, -0.1) is 0 Å². The molecule has 0 aliphatic carbocycles. The molecular formula is C15H21F2NO2. The Hall–Kier alpha value is -1.33. The van der Waals surface area contributed by atoms with Crippen molar-refractivity contribution in [2.24, 2.45) is 0 Å². The Morgan fingerprint density at radius 2 is 1.80 bits per heavy atom. The summed E-state index contributed by atoms with van der Waals surface area (Å²) in [5.41, 5.74) is 0.0864. The molecule has 0 saturated carbocycles. The molecule has 0 fully saturated rings. The average Bonchev–Trinajstić information content (AvgIpc) is 2.41. The highest BCUT2D eigenvalue weighted by Gasteiger charge is 2.11.